The smallest absolute Gasteiger partial charge is 0.243 e. The normalized spacial score (nSPS) is 11.8. The van der Waals surface area contributed by atoms with E-state index in [1.807, 2.05) is 61.5 Å². The Balaban J connectivity index is 1.84. The number of carbonyl (C=O) groups excluding carboxylic acids is 2. The summed E-state index contributed by atoms with van der Waals surface area (Å²) < 4.78 is 13.2. The summed E-state index contributed by atoms with van der Waals surface area (Å²) in [5.74, 6) is 0.613. The van der Waals surface area contributed by atoms with Crippen molar-refractivity contribution in [3.05, 3.63) is 107 Å². The lowest BCUT2D eigenvalue weighted by molar-refractivity contribution is -0.139. The highest BCUT2D eigenvalue weighted by atomic mass is 32.2. The zero-order valence-electron chi connectivity index (χ0n) is 21.2. The molecule has 0 aliphatic rings. The van der Waals surface area contributed by atoms with Crippen molar-refractivity contribution in [1.29, 1.82) is 0 Å². The molecule has 0 aromatic heterocycles. The maximum Gasteiger partial charge on any atom is 0.243 e. The Morgan fingerprint density at radius 3 is 2.25 bits per heavy atom. The second-order valence-corrected chi connectivity index (χ2v) is 10.4. The average molecular weight is 507 g/mol. The summed E-state index contributed by atoms with van der Waals surface area (Å²) in [5.41, 5.74) is 4.05. The lowest BCUT2D eigenvalue weighted by atomic mass is 10.0. The van der Waals surface area contributed by atoms with Crippen LogP contribution in [0.1, 0.15) is 36.1 Å². The number of benzene rings is 3. The third-order valence-electron chi connectivity index (χ3n) is 5.97. The first-order valence-electron chi connectivity index (χ1n) is 12.3. The third kappa shape index (κ3) is 8.52. The largest absolute Gasteiger partial charge is 0.354 e. The number of nitrogens with zero attached hydrogens (tertiary/aromatic N) is 1. The number of hydrogen-bond donors (Lipinski definition) is 1. The first kappa shape index (κ1) is 27.5. The van der Waals surface area contributed by atoms with Gasteiger partial charge in [-0.1, -0.05) is 80.6 Å². The maximum atomic E-state index is 13.6. The van der Waals surface area contributed by atoms with Gasteiger partial charge in [-0.3, -0.25) is 9.59 Å². The molecule has 0 heterocycles. The molecule has 0 radical (unpaired) electrons. The van der Waals surface area contributed by atoms with Gasteiger partial charge in [0, 0.05) is 25.3 Å². The molecule has 0 spiro atoms. The Labute approximate surface area is 218 Å². The standard InChI is InChI=1S/C30H35FN2O2S/c1-22(2)18-32-30(35)28(17-24-10-5-4-6-11-24)33(19-26-12-8-7-9-23(26)3)29(34)21-36-20-25-13-15-27(31)16-14-25/h4-16,22,28H,17-21H2,1-3H3,(H,32,35)/t28-/m1/s1. The fourth-order valence-electron chi connectivity index (χ4n) is 3.87. The molecule has 3 aromatic carbocycles. The van der Waals surface area contributed by atoms with E-state index in [2.05, 4.69) is 19.2 Å². The minimum absolute atomic E-state index is 0.0917. The first-order valence-corrected chi connectivity index (χ1v) is 13.5. The van der Waals surface area contributed by atoms with Gasteiger partial charge in [-0.25, -0.2) is 4.39 Å². The predicted molar refractivity (Wildman–Crippen MR) is 146 cm³/mol. The van der Waals surface area contributed by atoms with Crippen LogP contribution >= 0.6 is 11.8 Å². The third-order valence-corrected chi connectivity index (χ3v) is 6.95. The Morgan fingerprint density at radius 1 is 0.917 bits per heavy atom. The summed E-state index contributed by atoms with van der Waals surface area (Å²) in [6.45, 7) is 7.03. The number of aryl methyl sites for hydroxylation is 1. The molecule has 0 unspecified atom stereocenters. The highest BCUT2D eigenvalue weighted by Crippen LogP contribution is 2.20. The van der Waals surface area contributed by atoms with Crippen molar-refractivity contribution < 1.29 is 14.0 Å². The van der Waals surface area contributed by atoms with E-state index in [4.69, 9.17) is 0 Å². The highest BCUT2D eigenvalue weighted by Gasteiger charge is 2.30. The molecule has 190 valence electrons. The molecule has 0 saturated heterocycles. The first-order chi connectivity index (χ1) is 17.3. The van der Waals surface area contributed by atoms with Crippen LogP contribution in [0.4, 0.5) is 4.39 Å². The molecule has 36 heavy (non-hydrogen) atoms. The molecule has 3 rings (SSSR count). The number of nitrogens with one attached hydrogen (secondary N) is 1. The van der Waals surface area contributed by atoms with Gasteiger partial charge < -0.3 is 10.2 Å². The number of thioether (sulfide) groups is 1. The van der Waals surface area contributed by atoms with E-state index in [1.165, 1.54) is 23.9 Å². The van der Waals surface area contributed by atoms with Gasteiger partial charge >= 0.3 is 0 Å². The fourth-order valence-corrected chi connectivity index (χ4v) is 4.74. The summed E-state index contributed by atoms with van der Waals surface area (Å²) in [7, 11) is 0. The monoisotopic (exact) mass is 506 g/mol. The Hall–Kier alpha value is -3.12. The molecular weight excluding hydrogens is 471 g/mol. The van der Waals surface area contributed by atoms with Gasteiger partial charge in [0.05, 0.1) is 5.75 Å². The second kappa shape index (κ2) is 13.8. The summed E-state index contributed by atoms with van der Waals surface area (Å²) in [6.07, 6.45) is 0.436. The number of hydrogen-bond acceptors (Lipinski definition) is 3. The second-order valence-electron chi connectivity index (χ2n) is 9.41. The van der Waals surface area contributed by atoms with Crippen LogP contribution in [0.2, 0.25) is 0 Å². The van der Waals surface area contributed by atoms with Gasteiger partial charge in [0.2, 0.25) is 11.8 Å². The molecule has 1 atom stereocenters. The van der Waals surface area contributed by atoms with Crippen LogP contribution < -0.4 is 5.32 Å². The van der Waals surface area contributed by atoms with Crippen LogP contribution in [-0.2, 0) is 28.3 Å². The molecule has 2 amide bonds. The minimum atomic E-state index is -0.635. The van der Waals surface area contributed by atoms with Gasteiger partial charge in [0.1, 0.15) is 11.9 Å². The molecule has 6 heteroatoms. The summed E-state index contributed by atoms with van der Waals surface area (Å²) in [4.78, 5) is 28.8. The zero-order valence-corrected chi connectivity index (χ0v) is 22.1. The van der Waals surface area contributed by atoms with Gasteiger partial charge in [0.25, 0.3) is 0 Å². The Kier molecular flexibility index (Phi) is 10.6. The summed E-state index contributed by atoms with van der Waals surface area (Å²) in [5, 5.41) is 3.05. The quantitative estimate of drug-likeness (QED) is 0.339. The molecule has 0 aliphatic heterocycles. The van der Waals surface area contributed by atoms with E-state index >= 15 is 0 Å². The van der Waals surface area contributed by atoms with E-state index in [-0.39, 0.29) is 23.4 Å². The number of halogens is 1. The zero-order chi connectivity index (χ0) is 25.9. The molecule has 0 fully saturated rings. The molecule has 0 bridgehead atoms. The number of carbonyl (C=O) groups is 2. The van der Waals surface area contributed by atoms with Crippen molar-refractivity contribution in [2.45, 2.75) is 45.5 Å². The molecular formula is C30H35FN2O2S. The van der Waals surface area contributed by atoms with Crippen LogP contribution in [0.5, 0.6) is 0 Å². The lowest BCUT2D eigenvalue weighted by Gasteiger charge is -2.32. The van der Waals surface area contributed by atoms with Crippen LogP contribution in [0.3, 0.4) is 0 Å². The van der Waals surface area contributed by atoms with Crippen molar-refractivity contribution in [1.82, 2.24) is 10.2 Å². The van der Waals surface area contributed by atoms with E-state index < -0.39 is 6.04 Å². The number of amides is 2. The van der Waals surface area contributed by atoms with Gasteiger partial charge in [-0.2, -0.15) is 0 Å². The number of rotatable bonds is 12. The molecule has 3 aromatic rings. The molecule has 4 nitrogen and oxygen atoms in total. The van der Waals surface area contributed by atoms with Crippen LogP contribution in [0.25, 0.3) is 0 Å². The lowest BCUT2D eigenvalue weighted by Crippen LogP contribution is -2.51. The fraction of sp³-hybridized carbons (Fsp3) is 0.333. The highest BCUT2D eigenvalue weighted by molar-refractivity contribution is 7.99. The van der Waals surface area contributed by atoms with Gasteiger partial charge in [-0.05, 0) is 47.2 Å². The molecule has 0 saturated carbocycles. The minimum Gasteiger partial charge on any atom is -0.354 e. The van der Waals surface area contributed by atoms with Crippen molar-refractivity contribution in [2.24, 2.45) is 5.92 Å². The van der Waals surface area contributed by atoms with Gasteiger partial charge in [0.15, 0.2) is 0 Å². The van der Waals surface area contributed by atoms with Crippen LogP contribution in [0, 0.1) is 18.7 Å². The van der Waals surface area contributed by atoms with E-state index in [0.29, 0.717) is 31.2 Å². The summed E-state index contributed by atoms with van der Waals surface area (Å²) in [6, 6.07) is 23.5. The van der Waals surface area contributed by atoms with E-state index in [0.717, 1.165) is 22.3 Å². The predicted octanol–water partition coefficient (Wildman–Crippen LogP) is 5.78. The van der Waals surface area contributed by atoms with Crippen molar-refractivity contribution in [3.8, 4) is 0 Å². The average Bonchev–Trinajstić information content (AvgIpc) is 2.87. The van der Waals surface area contributed by atoms with Crippen molar-refractivity contribution in [3.63, 3.8) is 0 Å². The molecule has 1 N–H and O–H groups in total. The van der Waals surface area contributed by atoms with Crippen molar-refractivity contribution in [2.75, 3.05) is 12.3 Å². The van der Waals surface area contributed by atoms with Crippen LogP contribution in [-0.4, -0.2) is 35.1 Å². The summed E-state index contributed by atoms with van der Waals surface area (Å²) >= 11 is 1.47. The van der Waals surface area contributed by atoms with E-state index in [1.54, 1.807) is 17.0 Å². The Bertz CT molecular complexity index is 1120. The van der Waals surface area contributed by atoms with Crippen molar-refractivity contribution >= 4 is 23.6 Å². The maximum absolute atomic E-state index is 13.6. The SMILES string of the molecule is Cc1ccccc1CN(C(=O)CSCc1ccc(F)cc1)[C@H](Cc1ccccc1)C(=O)NCC(C)C. The molecule has 0 aliphatic carbocycles. The Morgan fingerprint density at radius 2 is 1.58 bits per heavy atom. The van der Waals surface area contributed by atoms with Crippen LogP contribution in [0.15, 0.2) is 78.9 Å². The topological polar surface area (TPSA) is 49.4 Å². The van der Waals surface area contributed by atoms with Gasteiger partial charge in [-0.15, -0.1) is 11.8 Å². The van der Waals surface area contributed by atoms with E-state index in [9.17, 15) is 14.0 Å².